The quantitative estimate of drug-likeness (QED) is 0.532. The number of sulfonamides is 2. The van der Waals surface area contributed by atoms with Crippen molar-refractivity contribution in [3.63, 3.8) is 0 Å². The normalized spacial score (nSPS) is 18.2. The van der Waals surface area contributed by atoms with Crippen LogP contribution in [-0.4, -0.2) is 59.7 Å². The maximum Gasteiger partial charge on any atom is 0.243 e. The zero-order chi connectivity index (χ0) is 22.2. The Morgan fingerprint density at radius 3 is 2.32 bits per heavy atom. The lowest BCUT2D eigenvalue weighted by Gasteiger charge is -2.23. The van der Waals surface area contributed by atoms with E-state index in [0.29, 0.717) is 43.9 Å². The van der Waals surface area contributed by atoms with Crippen LogP contribution in [0.4, 0.5) is 0 Å². The molecule has 9 nitrogen and oxygen atoms in total. The minimum absolute atomic E-state index is 0.0618. The van der Waals surface area contributed by atoms with E-state index in [0.717, 1.165) is 0 Å². The second-order valence-corrected chi connectivity index (χ2v) is 11.2. The predicted octanol–water partition coefficient (Wildman–Crippen LogP) is 2.29. The summed E-state index contributed by atoms with van der Waals surface area (Å²) in [5.74, 6) is 0.581. The van der Waals surface area contributed by atoms with Gasteiger partial charge in [0.05, 0.1) is 15.8 Å². The highest BCUT2D eigenvalue weighted by molar-refractivity contribution is 7.89. The highest BCUT2D eigenvalue weighted by Crippen LogP contribution is 2.36. The van der Waals surface area contributed by atoms with E-state index in [9.17, 15) is 16.8 Å². The number of hydrogen-bond acceptors (Lipinski definition) is 6. The third kappa shape index (κ3) is 3.75. The molecule has 31 heavy (non-hydrogen) atoms. The third-order valence-corrected chi connectivity index (χ3v) is 9.60. The first kappa shape index (κ1) is 21.9. The molecule has 3 heterocycles. The van der Waals surface area contributed by atoms with E-state index in [-0.39, 0.29) is 9.79 Å². The number of nitrogens with zero attached hydrogens (tertiary/aromatic N) is 5. The predicted molar refractivity (Wildman–Crippen MR) is 115 cm³/mol. The highest BCUT2D eigenvalue weighted by Gasteiger charge is 2.38. The zero-order valence-electron chi connectivity index (χ0n) is 17.4. The van der Waals surface area contributed by atoms with E-state index in [2.05, 4.69) is 10.2 Å². The molecular formula is C20H25N5O4S2. The molecule has 166 valence electrons. The molecule has 4 rings (SSSR count). The Morgan fingerprint density at radius 1 is 0.968 bits per heavy atom. The van der Waals surface area contributed by atoms with E-state index in [4.69, 9.17) is 0 Å². The molecule has 1 aliphatic heterocycles. The van der Waals surface area contributed by atoms with Gasteiger partial charge < -0.3 is 0 Å². The van der Waals surface area contributed by atoms with E-state index >= 15 is 0 Å². The Labute approximate surface area is 182 Å². The van der Waals surface area contributed by atoms with Crippen molar-refractivity contribution in [2.75, 3.05) is 19.6 Å². The second-order valence-electron chi connectivity index (χ2n) is 7.32. The number of pyridine rings is 1. The second kappa shape index (κ2) is 8.30. The fourth-order valence-electron chi connectivity index (χ4n) is 4.00. The first-order valence-electron chi connectivity index (χ1n) is 10.2. The van der Waals surface area contributed by atoms with Crippen LogP contribution in [0.25, 0.3) is 5.65 Å². The molecule has 0 N–H and O–H groups in total. The van der Waals surface area contributed by atoms with E-state index in [1.165, 1.54) is 32.9 Å². The van der Waals surface area contributed by atoms with Crippen molar-refractivity contribution in [1.82, 2.24) is 23.2 Å². The topological polar surface area (TPSA) is 105 Å². The van der Waals surface area contributed by atoms with Crippen molar-refractivity contribution in [2.24, 2.45) is 0 Å². The Morgan fingerprint density at radius 2 is 1.65 bits per heavy atom. The SMILES string of the molecule is CCN(CC)S(=O)(=O)c1ccc(S(=O)(=O)N2CCCC2c2nnc3ccccn23)cc1. The molecule has 0 radical (unpaired) electrons. The Bertz CT molecular complexity index is 1280. The molecule has 1 unspecified atom stereocenters. The summed E-state index contributed by atoms with van der Waals surface area (Å²) < 4.78 is 56.7. The molecule has 0 spiro atoms. The Balaban J connectivity index is 1.66. The smallest absolute Gasteiger partial charge is 0.243 e. The molecule has 1 atom stereocenters. The summed E-state index contributed by atoms with van der Waals surface area (Å²) in [6.07, 6.45) is 3.17. The van der Waals surface area contributed by atoms with Crippen molar-refractivity contribution in [1.29, 1.82) is 0 Å². The highest BCUT2D eigenvalue weighted by atomic mass is 32.2. The number of benzene rings is 1. The van der Waals surface area contributed by atoms with Gasteiger partial charge in [-0.3, -0.25) is 4.40 Å². The van der Waals surface area contributed by atoms with Gasteiger partial charge in [0, 0.05) is 25.8 Å². The zero-order valence-corrected chi connectivity index (χ0v) is 19.1. The molecule has 0 saturated carbocycles. The van der Waals surface area contributed by atoms with Gasteiger partial charge in [-0.25, -0.2) is 16.8 Å². The average molecular weight is 464 g/mol. The van der Waals surface area contributed by atoms with Gasteiger partial charge in [0.25, 0.3) is 0 Å². The summed E-state index contributed by atoms with van der Waals surface area (Å²) in [5, 5.41) is 8.39. The van der Waals surface area contributed by atoms with E-state index < -0.39 is 26.1 Å². The summed E-state index contributed by atoms with van der Waals surface area (Å²) in [5.41, 5.74) is 0.660. The van der Waals surface area contributed by atoms with Gasteiger partial charge in [-0.15, -0.1) is 10.2 Å². The van der Waals surface area contributed by atoms with Crippen molar-refractivity contribution in [3.05, 3.63) is 54.5 Å². The molecule has 11 heteroatoms. The minimum Gasteiger partial charge on any atom is -0.285 e. The number of aromatic nitrogens is 3. The summed E-state index contributed by atoms with van der Waals surface area (Å²) >= 11 is 0. The molecule has 0 amide bonds. The fraction of sp³-hybridized carbons (Fsp3) is 0.400. The van der Waals surface area contributed by atoms with Gasteiger partial charge in [0.15, 0.2) is 11.5 Å². The van der Waals surface area contributed by atoms with Gasteiger partial charge in [-0.1, -0.05) is 19.9 Å². The molecular weight excluding hydrogens is 438 g/mol. The van der Waals surface area contributed by atoms with E-state index in [1.807, 2.05) is 24.4 Å². The molecule has 3 aromatic rings. The first-order valence-corrected chi connectivity index (χ1v) is 13.1. The maximum atomic E-state index is 13.4. The van der Waals surface area contributed by atoms with Crippen LogP contribution < -0.4 is 0 Å². The van der Waals surface area contributed by atoms with Gasteiger partial charge in [-0.05, 0) is 49.2 Å². The molecule has 1 saturated heterocycles. The summed E-state index contributed by atoms with van der Waals surface area (Å²) in [7, 11) is -7.48. The van der Waals surface area contributed by atoms with Crippen LogP contribution in [0, 0.1) is 0 Å². The minimum atomic E-state index is -3.83. The molecule has 1 aliphatic rings. The van der Waals surface area contributed by atoms with Crippen LogP contribution in [0.5, 0.6) is 0 Å². The Kier molecular flexibility index (Phi) is 5.86. The van der Waals surface area contributed by atoms with Crippen LogP contribution >= 0.6 is 0 Å². The Hall–Kier alpha value is -2.34. The van der Waals surface area contributed by atoms with Gasteiger partial charge in [0.2, 0.25) is 20.0 Å². The molecule has 2 aromatic heterocycles. The van der Waals surface area contributed by atoms with Crippen molar-refractivity contribution in [2.45, 2.75) is 42.5 Å². The largest absolute Gasteiger partial charge is 0.285 e. The van der Waals surface area contributed by atoms with Crippen LogP contribution in [0.3, 0.4) is 0 Å². The summed E-state index contributed by atoms with van der Waals surface area (Å²) in [4.78, 5) is 0.142. The summed E-state index contributed by atoms with van der Waals surface area (Å²) in [6.45, 7) is 4.60. The lowest BCUT2D eigenvalue weighted by molar-refractivity contribution is 0.381. The lowest BCUT2D eigenvalue weighted by atomic mass is 10.2. The van der Waals surface area contributed by atoms with Crippen molar-refractivity contribution in [3.8, 4) is 0 Å². The van der Waals surface area contributed by atoms with Crippen LogP contribution in [0.15, 0.2) is 58.5 Å². The lowest BCUT2D eigenvalue weighted by Crippen LogP contribution is -2.32. The summed E-state index contributed by atoms with van der Waals surface area (Å²) in [6, 6.07) is 10.5. The number of rotatable bonds is 7. The number of fused-ring (bicyclic) bond motifs is 1. The molecule has 1 fully saturated rings. The number of hydrogen-bond donors (Lipinski definition) is 0. The van der Waals surface area contributed by atoms with Crippen molar-refractivity contribution >= 4 is 25.7 Å². The molecule has 0 bridgehead atoms. The fourth-order valence-corrected chi connectivity index (χ4v) is 7.12. The van der Waals surface area contributed by atoms with Crippen LogP contribution in [-0.2, 0) is 20.0 Å². The van der Waals surface area contributed by atoms with Gasteiger partial charge in [0.1, 0.15) is 0 Å². The van der Waals surface area contributed by atoms with Gasteiger partial charge in [-0.2, -0.15) is 8.61 Å². The molecule has 1 aromatic carbocycles. The van der Waals surface area contributed by atoms with Gasteiger partial charge >= 0.3 is 0 Å². The maximum absolute atomic E-state index is 13.4. The molecule has 0 aliphatic carbocycles. The van der Waals surface area contributed by atoms with Crippen molar-refractivity contribution < 1.29 is 16.8 Å². The monoisotopic (exact) mass is 463 g/mol. The van der Waals surface area contributed by atoms with Crippen LogP contribution in [0.1, 0.15) is 38.6 Å². The van der Waals surface area contributed by atoms with E-state index in [1.54, 1.807) is 18.2 Å². The van der Waals surface area contributed by atoms with Crippen LogP contribution in [0.2, 0.25) is 0 Å². The first-order chi connectivity index (χ1) is 14.8. The average Bonchev–Trinajstić information content (AvgIpc) is 3.41. The third-order valence-electron chi connectivity index (χ3n) is 5.62. The standard InChI is InChI=1S/C20H25N5O4S2/c1-3-23(4-2)30(26,27)16-10-12-17(13-11-16)31(28,29)25-15-7-8-18(25)20-22-21-19-9-5-6-14-24(19)20/h5-6,9-14,18H,3-4,7-8,15H2,1-2H3.